The number of rotatable bonds is 1. The molecule has 0 radical (unpaired) electrons. The Morgan fingerprint density at radius 2 is 1.75 bits per heavy atom. The summed E-state index contributed by atoms with van der Waals surface area (Å²) in [5, 5.41) is 10.00. The molecule has 2 rings (SSSR count). The summed E-state index contributed by atoms with van der Waals surface area (Å²) < 4.78 is 22.7. The van der Waals surface area contributed by atoms with Crippen molar-refractivity contribution in [2.45, 2.75) is 4.90 Å². The molecule has 0 saturated carbocycles. The van der Waals surface area contributed by atoms with Crippen LogP contribution in [0.5, 0.6) is 0 Å². The Morgan fingerprint density at radius 3 is 2.31 bits per heavy atom. The van der Waals surface area contributed by atoms with Crippen LogP contribution in [0.25, 0.3) is 10.8 Å². The summed E-state index contributed by atoms with van der Waals surface area (Å²) in [6.45, 7) is 0. The smallest absolute Gasteiger partial charge is 0.207 e. The van der Waals surface area contributed by atoms with Gasteiger partial charge in [-0.2, -0.15) is 5.26 Å². The van der Waals surface area contributed by atoms with Crippen LogP contribution in [0, 0.1) is 11.3 Å². The molecule has 0 aliphatic rings. The Hall–Kier alpha value is -1.57. The highest BCUT2D eigenvalue weighted by Crippen LogP contribution is 2.28. The lowest BCUT2D eigenvalue weighted by Gasteiger charge is -2.04. The molecule has 16 heavy (non-hydrogen) atoms. The van der Waals surface area contributed by atoms with Crippen molar-refractivity contribution in [3.63, 3.8) is 0 Å². The number of halogens is 1. The first-order valence-corrected chi connectivity index (χ1v) is 6.71. The van der Waals surface area contributed by atoms with Crippen molar-refractivity contribution in [2.24, 2.45) is 0 Å². The SMILES string of the molecule is N#Cc1cccc2cccc(S(=O)(=O)Cl)c12. The number of fused-ring (bicyclic) bond motifs is 1. The number of nitriles is 1. The van der Waals surface area contributed by atoms with Gasteiger partial charge < -0.3 is 0 Å². The van der Waals surface area contributed by atoms with Crippen LogP contribution in [0.3, 0.4) is 0 Å². The highest BCUT2D eigenvalue weighted by molar-refractivity contribution is 8.14. The minimum atomic E-state index is -3.84. The normalized spacial score (nSPS) is 11.2. The summed E-state index contributed by atoms with van der Waals surface area (Å²) >= 11 is 0. The van der Waals surface area contributed by atoms with Crippen molar-refractivity contribution < 1.29 is 8.42 Å². The maximum absolute atomic E-state index is 11.4. The molecule has 0 saturated heterocycles. The quantitative estimate of drug-likeness (QED) is 0.732. The lowest BCUT2D eigenvalue weighted by molar-refractivity contribution is 0.610. The van der Waals surface area contributed by atoms with Crippen LogP contribution in [0.15, 0.2) is 41.3 Å². The average molecular weight is 252 g/mol. The molecule has 80 valence electrons. The fourth-order valence-electron chi connectivity index (χ4n) is 1.60. The van der Waals surface area contributed by atoms with E-state index in [1.807, 2.05) is 6.07 Å². The zero-order valence-corrected chi connectivity index (χ0v) is 9.59. The van der Waals surface area contributed by atoms with E-state index in [-0.39, 0.29) is 4.90 Å². The maximum atomic E-state index is 11.4. The van der Waals surface area contributed by atoms with Gasteiger partial charge in [0.2, 0.25) is 0 Å². The van der Waals surface area contributed by atoms with Crippen molar-refractivity contribution >= 4 is 30.5 Å². The Balaban J connectivity index is 3.03. The molecule has 0 atom stereocenters. The van der Waals surface area contributed by atoms with Crippen LogP contribution in [0.4, 0.5) is 0 Å². The zero-order valence-electron chi connectivity index (χ0n) is 8.01. The second-order valence-corrected chi connectivity index (χ2v) is 5.74. The lowest BCUT2D eigenvalue weighted by Crippen LogP contribution is -1.93. The third-order valence-corrected chi connectivity index (χ3v) is 3.61. The van der Waals surface area contributed by atoms with Gasteiger partial charge in [-0.1, -0.05) is 24.3 Å². The van der Waals surface area contributed by atoms with E-state index in [1.165, 1.54) is 6.07 Å². The molecule has 3 nitrogen and oxygen atoms in total. The zero-order chi connectivity index (χ0) is 11.8. The molecule has 0 heterocycles. The van der Waals surface area contributed by atoms with Gasteiger partial charge in [-0.3, -0.25) is 0 Å². The van der Waals surface area contributed by atoms with E-state index in [1.54, 1.807) is 30.3 Å². The molecule has 0 fully saturated rings. The van der Waals surface area contributed by atoms with Crippen LogP contribution in [0.1, 0.15) is 5.56 Å². The largest absolute Gasteiger partial charge is 0.261 e. The monoisotopic (exact) mass is 251 g/mol. The van der Waals surface area contributed by atoms with Gasteiger partial charge in [0.1, 0.15) is 0 Å². The van der Waals surface area contributed by atoms with Gasteiger partial charge in [0.25, 0.3) is 9.05 Å². The van der Waals surface area contributed by atoms with Crippen molar-refractivity contribution in [3.05, 3.63) is 42.0 Å². The van der Waals surface area contributed by atoms with Crippen LogP contribution in [-0.2, 0) is 9.05 Å². The standard InChI is InChI=1S/C11H6ClNO2S/c12-16(14,15)10-6-2-4-8-3-1-5-9(7-13)11(8)10/h1-6H. The fraction of sp³-hybridized carbons (Fsp3) is 0. The molecule has 0 spiro atoms. The number of benzene rings is 2. The summed E-state index contributed by atoms with van der Waals surface area (Å²) in [5.41, 5.74) is 0.303. The van der Waals surface area contributed by atoms with E-state index >= 15 is 0 Å². The molecule has 0 aliphatic carbocycles. The van der Waals surface area contributed by atoms with Crippen molar-refractivity contribution in [3.8, 4) is 6.07 Å². The number of hydrogen-bond donors (Lipinski definition) is 0. The number of nitrogens with zero attached hydrogens (tertiary/aromatic N) is 1. The molecule has 2 aromatic rings. The molecule has 0 aromatic heterocycles. The summed E-state index contributed by atoms with van der Waals surface area (Å²) in [5.74, 6) is 0. The minimum Gasteiger partial charge on any atom is -0.207 e. The van der Waals surface area contributed by atoms with Gasteiger partial charge in [0.15, 0.2) is 0 Å². The summed E-state index contributed by atoms with van der Waals surface area (Å²) in [7, 11) is 1.49. The molecular formula is C11H6ClNO2S. The predicted molar refractivity (Wildman–Crippen MR) is 61.7 cm³/mol. The third-order valence-electron chi connectivity index (χ3n) is 2.25. The van der Waals surface area contributed by atoms with Crippen LogP contribution in [0.2, 0.25) is 0 Å². The molecule has 2 aromatic carbocycles. The highest BCUT2D eigenvalue weighted by Gasteiger charge is 2.16. The van der Waals surface area contributed by atoms with Gasteiger partial charge >= 0.3 is 0 Å². The second-order valence-electron chi connectivity index (χ2n) is 3.21. The Labute approximate surface area is 97.3 Å². The highest BCUT2D eigenvalue weighted by atomic mass is 35.7. The molecule has 0 aliphatic heterocycles. The maximum Gasteiger partial charge on any atom is 0.261 e. The van der Waals surface area contributed by atoms with Gasteiger partial charge in [-0.05, 0) is 17.5 Å². The first kappa shape index (κ1) is 10.9. The van der Waals surface area contributed by atoms with E-state index in [0.717, 1.165) is 0 Å². The predicted octanol–water partition coefficient (Wildman–Crippen LogP) is 2.64. The summed E-state index contributed by atoms with van der Waals surface area (Å²) in [4.78, 5) is -0.0242. The lowest BCUT2D eigenvalue weighted by atomic mass is 10.1. The topological polar surface area (TPSA) is 57.9 Å². The van der Waals surface area contributed by atoms with Crippen LogP contribution in [-0.4, -0.2) is 8.42 Å². The van der Waals surface area contributed by atoms with Gasteiger partial charge in [-0.15, -0.1) is 0 Å². The van der Waals surface area contributed by atoms with E-state index < -0.39 is 9.05 Å². The van der Waals surface area contributed by atoms with Crippen molar-refractivity contribution in [2.75, 3.05) is 0 Å². The summed E-state index contributed by atoms with van der Waals surface area (Å²) in [6, 6.07) is 11.7. The van der Waals surface area contributed by atoms with Crippen LogP contribution >= 0.6 is 10.7 Å². The molecule has 5 heteroatoms. The van der Waals surface area contributed by atoms with E-state index in [2.05, 4.69) is 0 Å². The Kier molecular flexibility index (Phi) is 2.58. The van der Waals surface area contributed by atoms with Gasteiger partial charge in [0, 0.05) is 16.1 Å². The Bertz CT molecular complexity index is 696. The molecule has 0 amide bonds. The number of hydrogen-bond acceptors (Lipinski definition) is 3. The van der Waals surface area contributed by atoms with Gasteiger partial charge in [0.05, 0.1) is 16.5 Å². The van der Waals surface area contributed by atoms with E-state index in [9.17, 15) is 8.42 Å². The first-order valence-electron chi connectivity index (χ1n) is 4.40. The van der Waals surface area contributed by atoms with Crippen LogP contribution < -0.4 is 0 Å². The third kappa shape index (κ3) is 1.75. The van der Waals surface area contributed by atoms with Crippen molar-refractivity contribution in [1.82, 2.24) is 0 Å². The minimum absolute atomic E-state index is 0.0242. The Morgan fingerprint density at radius 1 is 1.12 bits per heavy atom. The average Bonchev–Trinajstić information content (AvgIpc) is 2.26. The van der Waals surface area contributed by atoms with Crippen molar-refractivity contribution in [1.29, 1.82) is 5.26 Å². The van der Waals surface area contributed by atoms with Gasteiger partial charge in [-0.25, -0.2) is 8.42 Å². The first-order chi connectivity index (χ1) is 7.54. The van der Waals surface area contributed by atoms with E-state index in [4.69, 9.17) is 15.9 Å². The molecule has 0 unspecified atom stereocenters. The molecule has 0 N–H and O–H groups in total. The molecular weight excluding hydrogens is 246 g/mol. The second kappa shape index (κ2) is 3.78. The molecule has 0 bridgehead atoms. The summed E-state index contributed by atoms with van der Waals surface area (Å²) in [6.07, 6.45) is 0. The fourth-order valence-corrected chi connectivity index (χ4v) is 2.70. The van der Waals surface area contributed by atoms with E-state index in [0.29, 0.717) is 16.3 Å².